The number of carbonyl (C=O) groups is 1. The lowest BCUT2D eigenvalue weighted by Gasteiger charge is -2.13. The Balaban J connectivity index is 0.00000441. The Morgan fingerprint density at radius 1 is 1.32 bits per heavy atom. The first kappa shape index (κ1) is 20.3. The number of methoxy groups -OCH3 is 1. The van der Waals surface area contributed by atoms with Gasteiger partial charge < -0.3 is 20.5 Å². The number of alkyl halides is 3. The predicted octanol–water partition coefficient (Wildman–Crippen LogP) is 2.02. The third-order valence-corrected chi connectivity index (χ3v) is 2.48. The van der Waals surface area contributed by atoms with Crippen LogP contribution in [0.2, 0.25) is 0 Å². The van der Waals surface area contributed by atoms with Gasteiger partial charge in [-0.05, 0) is 17.7 Å². The monoisotopic (exact) mass is 342 g/mol. The average Bonchev–Trinajstić information content (AvgIpc) is 2.42. The zero-order valence-corrected chi connectivity index (χ0v) is 12.7. The Morgan fingerprint density at radius 2 is 2.00 bits per heavy atom. The topological polar surface area (TPSA) is 73.6 Å². The van der Waals surface area contributed by atoms with E-state index < -0.39 is 12.8 Å². The van der Waals surface area contributed by atoms with Gasteiger partial charge >= 0.3 is 6.18 Å². The van der Waals surface area contributed by atoms with Crippen LogP contribution in [0.5, 0.6) is 11.5 Å². The molecule has 0 aliphatic heterocycles. The fraction of sp³-hybridized carbons (Fsp3) is 0.462. The van der Waals surface area contributed by atoms with E-state index in [0.29, 0.717) is 5.56 Å². The number of nitrogens with two attached hydrogens (primary N) is 1. The van der Waals surface area contributed by atoms with Crippen molar-refractivity contribution in [3.8, 4) is 11.5 Å². The largest absolute Gasteiger partial charge is 0.493 e. The quantitative estimate of drug-likeness (QED) is 0.795. The lowest BCUT2D eigenvalue weighted by Crippen LogP contribution is -2.25. The normalized spacial score (nSPS) is 10.6. The van der Waals surface area contributed by atoms with Crippen LogP contribution in [0.3, 0.4) is 0 Å². The van der Waals surface area contributed by atoms with E-state index in [9.17, 15) is 18.0 Å². The second-order valence-electron chi connectivity index (χ2n) is 4.20. The molecule has 126 valence electrons. The molecule has 0 aliphatic rings. The highest BCUT2D eigenvalue weighted by Crippen LogP contribution is 2.29. The molecule has 0 aromatic heterocycles. The fourth-order valence-corrected chi connectivity index (χ4v) is 1.52. The van der Waals surface area contributed by atoms with Gasteiger partial charge in [0.1, 0.15) is 0 Å². The van der Waals surface area contributed by atoms with Crippen LogP contribution in [0, 0.1) is 0 Å². The Labute approximate surface area is 132 Å². The maximum Gasteiger partial charge on any atom is 0.422 e. The first-order chi connectivity index (χ1) is 9.85. The number of hydrogen-bond donors (Lipinski definition) is 2. The van der Waals surface area contributed by atoms with Crippen molar-refractivity contribution in [3.05, 3.63) is 23.8 Å². The smallest absolute Gasteiger partial charge is 0.422 e. The van der Waals surface area contributed by atoms with E-state index in [0.717, 1.165) is 0 Å². The van der Waals surface area contributed by atoms with Gasteiger partial charge in [-0.2, -0.15) is 13.2 Å². The van der Waals surface area contributed by atoms with Crippen molar-refractivity contribution in [2.45, 2.75) is 19.1 Å². The lowest BCUT2D eigenvalue weighted by atomic mass is 10.2. The van der Waals surface area contributed by atoms with E-state index in [1.54, 1.807) is 6.07 Å². The highest BCUT2D eigenvalue weighted by molar-refractivity contribution is 5.85. The third kappa shape index (κ3) is 7.37. The van der Waals surface area contributed by atoms with Crippen molar-refractivity contribution < 1.29 is 27.4 Å². The van der Waals surface area contributed by atoms with Crippen molar-refractivity contribution in [2.24, 2.45) is 5.73 Å². The van der Waals surface area contributed by atoms with E-state index in [-0.39, 0.29) is 49.3 Å². The summed E-state index contributed by atoms with van der Waals surface area (Å²) in [5, 5.41) is 2.63. The molecule has 0 heterocycles. The minimum absolute atomic E-state index is 0. The Morgan fingerprint density at radius 3 is 2.55 bits per heavy atom. The molecule has 0 unspecified atom stereocenters. The van der Waals surface area contributed by atoms with Gasteiger partial charge in [0.2, 0.25) is 5.91 Å². The number of halogens is 4. The van der Waals surface area contributed by atoms with Gasteiger partial charge in [-0.15, -0.1) is 12.4 Å². The zero-order valence-electron chi connectivity index (χ0n) is 11.9. The summed E-state index contributed by atoms with van der Waals surface area (Å²) >= 11 is 0. The molecule has 0 atom stereocenters. The van der Waals surface area contributed by atoms with Crippen LogP contribution in [0.15, 0.2) is 18.2 Å². The van der Waals surface area contributed by atoms with Gasteiger partial charge in [0.05, 0.1) is 7.11 Å². The van der Waals surface area contributed by atoms with E-state index in [2.05, 4.69) is 10.1 Å². The SMILES string of the molecule is COc1cc(CNC(=O)CCN)ccc1OCC(F)(F)F.Cl. The maximum atomic E-state index is 12.1. The van der Waals surface area contributed by atoms with Crippen molar-refractivity contribution in [2.75, 3.05) is 20.3 Å². The Hall–Kier alpha value is -1.67. The molecular formula is C13H18ClF3N2O3. The van der Waals surface area contributed by atoms with Crippen molar-refractivity contribution in [1.82, 2.24) is 5.32 Å². The van der Waals surface area contributed by atoms with Crippen molar-refractivity contribution in [1.29, 1.82) is 0 Å². The molecule has 0 radical (unpaired) electrons. The molecule has 0 aliphatic carbocycles. The van der Waals surface area contributed by atoms with Gasteiger partial charge in [-0.1, -0.05) is 6.07 Å². The third-order valence-electron chi connectivity index (χ3n) is 2.48. The van der Waals surface area contributed by atoms with Gasteiger partial charge in [-0.25, -0.2) is 0 Å². The summed E-state index contributed by atoms with van der Waals surface area (Å²) in [6.07, 6.45) is -4.20. The van der Waals surface area contributed by atoms with Crippen LogP contribution in [0.25, 0.3) is 0 Å². The molecule has 0 bridgehead atoms. The molecule has 0 spiro atoms. The number of carbonyl (C=O) groups excluding carboxylic acids is 1. The second-order valence-corrected chi connectivity index (χ2v) is 4.20. The lowest BCUT2D eigenvalue weighted by molar-refractivity contribution is -0.153. The van der Waals surface area contributed by atoms with Gasteiger partial charge in [0, 0.05) is 19.5 Å². The second kappa shape index (κ2) is 9.37. The van der Waals surface area contributed by atoms with Crippen molar-refractivity contribution in [3.63, 3.8) is 0 Å². The van der Waals surface area contributed by atoms with Crippen molar-refractivity contribution >= 4 is 18.3 Å². The number of ether oxygens (including phenoxy) is 2. The summed E-state index contributed by atoms with van der Waals surface area (Å²) in [7, 11) is 1.33. The minimum atomic E-state index is -4.42. The molecular weight excluding hydrogens is 325 g/mol. The summed E-state index contributed by atoms with van der Waals surface area (Å²) in [5.74, 6) is -0.0365. The number of benzene rings is 1. The highest BCUT2D eigenvalue weighted by Gasteiger charge is 2.29. The van der Waals surface area contributed by atoms with Gasteiger partial charge in [-0.3, -0.25) is 4.79 Å². The van der Waals surface area contributed by atoms with E-state index in [1.165, 1.54) is 19.2 Å². The van der Waals surface area contributed by atoms with Crippen LogP contribution < -0.4 is 20.5 Å². The predicted molar refractivity (Wildman–Crippen MR) is 77.3 cm³/mol. The van der Waals surface area contributed by atoms with Crippen LogP contribution >= 0.6 is 12.4 Å². The average molecular weight is 343 g/mol. The first-order valence-electron chi connectivity index (χ1n) is 6.19. The standard InChI is InChI=1S/C13H17F3N2O3.ClH/c1-20-11-6-9(7-18-12(19)4-5-17)2-3-10(11)21-8-13(14,15)16;/h2-3,6H,4-5,7-8,17H2,1H3,(H,18,19);1H. The van der Waals surface area contributed by atoms with E-state index in [1.807, 2.05) is 0 Å². The van der Waals surface area contributed by atoms with E-state index >= 15 is 0 Å². The molecule has 9 heteroatoms. The Kier molecular flexibility index (Phi) is 8.66. The van der Waals surface area contributed by atoms with E-state index in [4.69, 9.17) is 10.5 Å². The number of amides is 1. The molecule has 0 fully saturated rings. The minimum Gasteiger partial charge on any atom is -0.493 e. The number of nitrogens with one attached hydrogen (secondary N) is 1. The summed E-state index contributed by atoms with van der Waals surface area (Å²) < 4.78 is 46.0. The van der Waals surface area contributed by atoms with Crippen LogP contribution in [0.1, 0.15) is 12.0 Å². The van der Waals surface area contributed by atoms with Crippen LogP contribution in [-0.4, -0.2) is 32.3 Å². The molecule has 1 rings (SSSR count). The summed E-state index contributed by atoms with van der Waals surface area (Å²) in [5.41, 5.74) is 5.92. The molecule has 3 N–H and O–H groups in total. The molecule has 1 amide bonds. The Bertz CT molecular complexity index is 484. The molecule has 1 aromatic carbocycles. The molecule has 1 aromatic rings. The molecule has 5 nitrogen and oxygen atoms in total. The van der Waals surface area contributed by atoms with Gasteiger partial charge in [0.15, 0.2) is 18.1 Å². The highest BCUT2D eigenvalue weighted by atomic mass is 35.5. The molecule has 0 saturated heterocycles. The van der Waals surface area contributed by atoms with Crippen LogP contribution in [-0.2, 0) is 11.3 Å². The number of rotatable bonds is 7. The summed E-state index contributed by atoms with van der Waals surface area (Å²) in [6, 6.07) is 4.43. The fourth-order valence-electron chi connectivity index (χ4n) is 1.52. The summed E-state index contributed by atoms with van der Waals surface area (Å²) in [6.45, 7) is -0.913. The first-order valence-corrected chi connectivity index (χ1v) is 6.19. The zero-order chi connectivity index (χ0) is 15.9. The molecule has 22 heavy (non-hydrogen) atoms. The van der Waals surface area contributed by atoms with Gasteiger partial charge in [0.25, 0.3) is 0 Å². The summed E-state index contributed by atoms with van der Waals surface area (Å²) in [4.78, 5) is 11.3. The van der Waals surface area contributed by atoms with Crippen LogP contribution in [0.4, 0.5) is 13.2 Å². The number of hydrogen-bond acceptors (Lipinski definition) is 4. The molecule has 0 saturated carbocycles. The maximum absolute atomic E-state index is 12.1.